The zero-order valence-corrected chi connectivity index (χ0v) is 16.5. The zero-order valence-electron chi connectivity index (χ0n) is 16.5. The van der Waals surface area contributed by atoms with Crippen LogP contribution in [0.5, 0.6) is 0 Å². The first kappa shape index (κ1) is 18.2. The predicted octanol–water partition coefficient (Wildman–Crippen LogP) is 5.80. The van der Waals surface area contributed by atoms with E-state index in [1.54, 1.807) is 0 Å². The van der Waals surface area contributed by atoms with E-state index in [0.29, 0.717) is 0 Å². The van der Waals surface area contributed by atoms with Gasteiger partial charge in [0.2, 0.25) is 0 Å². The van der Waals surface area contributed by atoms with Crippen LogP contribution in [0.25, 0.3) is 22.8 Å². The van der Waals surface area contributed by atoms with Crippen LogP contribution in [0.1, 0.15) is 52.9 Å². The SMILES string of the molecule is CC(C)(C)c1cccc(-c2nc(-c3ccccc3)nc(C(C)(C)C)n2)c1. The van der Waals surface area contributed by atoms with Crippen LogP contribution in [0, 0.1) is 0 Å². The van der Waals surface area contributed by atoms with Crippen LogP contribution in [0.3, 0.4) is 0 Å². The first-order valence-corrected chi connectivity index (χ1v) is 9.07. The van der Waals surface area contributed by atoms with E-state index in [4.69, 9.17) is 15.0 Å². The summed E-state index contributed by atoms with van der Waals surface area (Å²) in [4.78, 5) is 14.3. The Morgan fingerprint density at radius 1 is 0.577 bits per heavy atom. The molecule has 0 aliphatic heterocycles. The van der Waals surface area contributed by atoms with Crippen molar-refractivity contribution in [1.29, 1.82) is 0 Å². The van der Waals surface area contributed by atoms with Gasteiger partial charge in [0.25, 0.3) is 0 Å². The fourth-order valence-electron chi connectivity index (χ4n) is 2.68. The van der Waals surface area contributed by atoms with Crippen LogP contribution in [0.15, 0.2) is 54.6 Å². The second-order valence-corrected chi connectivity index (χ2v) is 8.75. The molecule has 0 bridgehead atoms. The van der Waals surface area contributed by atoms with Crippen LogP contribution in [-0.4, -0.2) is 15.0 Å². The molecule has 0 atom stereocenters. The molecule has 0 radical (unpaired) electrons. The van der Waals surface area contributed by atoms with E-state index in [-0.39, 0.29) is 10.8 Å². The van der Waals surface area contributed by atoms with Gasteiger partial charge in [-0.05, 0) is 17.0 Å². The van der Waals surface area contributed by atoms with E-state index >= 15 is 0 Å². The highest BCUT2D eigenvalue weighted by Crippen LogP contribution is 2.29. The minimum Gasteiger partial charge on any atom is -0.212 e. The zero-order chi connectivity index (χ0) is 18.9. The minimum absolute atomic E-state index is 0.0815. The van der Waals surface area contributed by atoms with Gasteiger partial charge < -0.3 is 0 Å². The molecule has 1 heterocycles. The van der Waals surface area contributed by atoms with Gasteiger partial charge >= 0.3 is 0 Å². The van der Waals surface area contributed by atoms with Gasteiger partial charge in [0.1, 0.15) is 5.82 Å². The normalized spacial score (nSPS) is 12.2. The second kappa shape index (κ2) is 6.64. The van der Waals surface area contributed by atoms with Gasteiger partial charge in [-0.2, -0.15) is 0 Å². The Morgan fingerprint density at radius 2 is 1.15 bits per heavy atom. The number of nitrogens with zero attached hydrogens (tertiary/aromatic N) is 3. The molecule has 3 nitrogen and oxygen atoms in total. The van der Waals surface area contributed by atoms with Crippen molar-refractivity contribution in [2.24, 2.45) is 0 Å². The van der Waals surface area contributed by atoms with Gasteiger partial charge in [-0.25, -0.2) is 15.0 Å². The molecule has 134 valence electrons. The summed E-state index contributed by atoms with van der Waals surface area (Å²) < 4.78 is 0. The largest absolute Gasteiger partial charge is 0.212 e. The predicted molar refractivity (Wildman–Crippen MR) is 108 cm³/mol. The Balaban J connectivity index is 2.19. The minimum atomic E-state index is -0.150. The van der Waals surface area contributed by atoms with Crippen LogP contribution in [0.2, 0.25) is 0 Å². The molecule has 0 unspecified atom stereocenters. The molecule has 2 aromatic carbocycles. The standard InChI is InChI=1S/C23H27N3/c1-22(2,3)18-14-10-13-17(15-18)20-24-19(16-11-8-7-9-12-16)25-21(26-20)23(4,5)6/h7-15H,1-6H3. The van der Waals surface area contributed by atoms with E-state index in [1.807, 2.05) is 30.3 Å². The summed E-state index contributed by atoms with van der Waals surface area (Å²) in [6.07, 6.45) is 0. The number of hydrogen-bond acceptors (Lipinski definition) is 3. The van der Waals surface area contributed by atoms with Crippen molar-refractivity contribution < 1.29 is 0 Å². The Kier molecular flexibility index (Phi) is 4.66. The first-order valence-electron chi connectivity index (χ1n) is 9.07. The van der Waals surface area contributed by atoms with Gasteiger partial charge in [-0.3, -0.25) is 0 Å². The smallest absolute Gasteiger partial charge is 0.163 e. The van der Waals surface area contributed by atoms with E-state index < -0.39 is 0 Å². The number of rotatable bonds is 2. The third kappa shape index (κ3) is 3.98. The lowest BCUT2D eigenvalue weighted by atomic mass is 9.86. The lowest BCUT2D eigenvalue weighted by molar-refractivity contribution is 0.543. The lowest BCUT2D eigenvalue weighted by Crippen LogP contribution is -2.18. The monoisotopic (exact) mass is 345 g/mol. The maximum absolute atomic E-state index is 4.80. The van der Waals surface area contributed by atoms with Crippen molar-refractivity contribution in [2.45, 2.75) is 52.4 Å². The summed E-state index contributed by atoms with van der Waals surface area (Å²) >= 11 is 0. The molecule has 3 heteroatoms. The van der Waals surface area contributed by atoms with Crippen LogP contribution >= 0.6 is 0 Å². The third-order valence-electron chi connectivity index (χ3n) is 4.33. The molecule has 0 aliphatic rings. The van der Waals surface area contributed by atoms with Crippen molar-refractivity contribution in [3.8, 4) is 22.8 Å². The molecule has 26 heavy (non-hydrogen) atoms. The summed E-state index contributed by atoms with van der Waals surface area (Å²) in [5.41, 5.74) is 3.24. The summed E-state index contributed by atoms with van der Waals surface area (Å²) in [6, 6.07) is 18.6. The van der Waals surface area contributed by atoms with Crippen LogP contribution in [-0.2, 0) is 10.8 Å². The maximum Gasteiger partial charge on any atom is 0.163 e. The third-order valence-corrected chi connectivity index (χ3v) is 4.33. The lowest BCUT2D eigenvalue weighted by Gasteiger charge is -2.21. The molecule has 0 saturated heterocycles. The van der Waals surface area contributed by atoms with Crippen LogP contribution in [0.4, 0.5) is 0 Å². The molecule has 3 rings (SSSR count). The molecule has 0 spiro atoms. The molecule has 0 amide bonds. The molecule has 0 fully saturated rings. The Morgan fingerprint density at radius 3 is 1.73 bits per heavy atom. The van der Waals surface area contributed by atoms with Gasteiger partial charge in [0, 0.05) is 16.5 Å². The second-order valence-electron chi connectivity index (χ2n) is 8.75. The Bertz CT molecular complexity index is 901. The van der Waals surface area contributed by atoms with Crippen molar-refractivity contribution in [3.63, 3.8) is 0 Å². The van der Waals surface area contributed by atoms with Crippen molar-refractivity contribution in [1.82, 2.24) is 15.0 Å². The Labute approximate surface area is 156 Å². The molecule has 1 aromatic heterocycles. The van der Waals surface area contributed by atoms with Gasteiger partial charge in [-0.15, -0.1) is 0 Å². The van der Waals surface area contributed by atoms with Crippen molar-refractivity contribution in [2.75, 3.05) is 0 Å². The molecular weight excluding hydrogens is 318 g/mol. The summed E-state index contributed by atoms with van der Waals surface area (Å²) in [7, 11) is 0. The van der Waals surface area contributed by atoms with Crippen molar-refractivity contribution in [3.05, 3.63) is 66.0 Å². The van der Waals surface area contributed by atoms with Gasteiger partial charge in [0.05, 0.1) is 0 Å². The first-order chi connectivity index (χ1) is 12.1. The van der Waals surface area contributed by atoms with Gasteiger partial charge in [-0.1, -0.05) is 90.1 Å². The average Bonchev–Trinajstić information content (AvgIpc) is 2.61. The van der Waals surface area contributed by atoms with E-state index in [1.165, 1.54) is 5.56 Å². The Hall–Kier alpha value is -2.55. The maximum atomic E-state index is 4.80. The molecule has 3 aromatic rings. The highest BCUT2D eigenvalue weighted by molar-refractivity contribution is 5.62. The highest BCUT2D eigenvalue weighted by Gasteiger charge is 2.21. The topological polar surface area (TPSA) is 38.7 Å². The van der Waals surface area contributed by atoms with Gasteiger partial charge in [0.15, 0.2) is 11.6 Å². The van der Waals surface area contributed by atoms with E-state index in [2.05, 4.69) is 65.8 Å². The summed E-state index contributed by atoms with van der Waals surface area (Å²) in [5, 5.41) is 0. The fourth-order valence-corrected chi connectivity index (χ4v) is 2.68. The number of hydrogen-bond donors (Lipinski definition) is 0. The molecule has 0 aliphatic carbocycles. The summed E-state index contributed by atoms with van der Waals surface area (Å²) in [6.45, 7) is 13.0. The fraction of sp³-hybridized carbons (Fsp3) is 0.348. The number of aromatic nitrogens is 3. The quantitative estimate of drug-likeness (QED) is 0.589. The van der Waals surface area contributed by atoms with Crippen LogP contribution < -0.4 is 0 Å². The summed E-state index contributed by atoms with van der Waals surface area (Å²) in [5.74, 6) is 2.26. The molecule has 0 N–H and O–H groups in total. The highest BCUT2D eigenvalue weighted by atomic mass is 15.0. The average molecular weight is 345 g/mol. The number of benzene rings is 2. The van der Waals surface area contributed by atoms with E-state index in [0.717, 1.165) is 28.6 Å². The van der Waals surface area contributed by atoms with Crippen molar-refractivity contribution >= 4 is 0 Å². The molecular formula is C23H27N3. The van der Waals surface area contributed by atoms with E-state index in [9.17, 15) is 0 Å². The molecule has 0 saturated carbocycles.